The van der Waals surface area contributed by atoms with Gasteiger partial charge < -0.3 is 4.42 Å². The maximum Gasteiger partial charge on any atom is 0.142 e. The number of furan rings is 1. The summed E-state index contributed by atoms with van der Waals surface area (Å²) in [6.45, 7) is 0. The zero-order valence-electron chi connectivity index (χ0n) is 8.39. The third-order valence-corrected chi connectivity index (χ3v) is 2.09. The van der Waals surface area contributed by atoms with E-state index in [-0.39, 0.29) is 5.82 Å². The molecule has 0 amide bonds. The van der Waals surface area contributed by atoms with Crippen LogP contribution in [0.4, 0.5) is 4.39 Å². The lowest BCUT2D eigenvalue weighted by molar-refractivity contribution is -0.104. The van der Waals surface area contributed by atoms with Crippen LogP contribution in [0.25, 0.3) is 17.4 Å². The highest BCUT2D eigenvalue weighted by Crippen LogP contribution is 2.22. The molecule has 16 heavy (non-hydrogen) atoms. The number of rotatable bonds is 3. The lowest BCUT2D eigenvalue weighted by Crippen LogP contribution is -1.75. The van der Waals surface area contributed by atoms with Gasteiger partial charge in [-0.3, -0.25) is 4.79 Å². The van der Waals surface area contributed by atoms with Gasteiger partial charge in [0.1, 0.15) is 23.6 Å². The molecule has 0 radical (unpaired) electrons. The van der Waals surface area contributed by atoms with Crippen LogP contribution < -0.4 is 0 Å². The molecule has 0 aliphatic carbocycles. The molecule has 0 bridgehead atoms. The predicted molar refractivity (Wildman–Crippen MR) is 59.2 cm³/mol. The first-order chi connectivity index (χ1) is 7.79. The number of hydrogen-bond acceptors (Lipinski definition) is 2. The number of allylic oxidation sites excluding steroid dienone is 1. The first-order valence-corrected chi connectivity index (χ1v) is 4.77. The lowest BCUT2D eigenvalue weighted by Gasteiger charge is -1.95. The van der Waals surface area contributed by atoms with E-state index in [9.17, 15) is 9.18 Å². The fourth-order valence-electron chi connectivity index (χ4n) is 1.35. The standard InChI is InChI=1S/C13H9FO2/c14-11-5-3-10(4-6-11)13-8-7-12(16-13)2-1-9-15/h1-9H/b2-1+. The van der Waals surface area contributed by atoms with Crippen molar-refractivity contribution in [1.82, 2.24) is 0 Å². The summed E-state index contributed by atoms with van der Waals surface area (Å²) in [6.07, 6.45) is 3.60. The Labute approximate surface area is 92.0 Å². The molecule has 1 heterocycles. The molecule has 0 saturated heterocycles. The van der Waals surface area contributed by atoms with Crippen molar-refractivity contribution in [3.8, 4) is 11.3 Å². The fourth-order valence-corrected chi connectivity index (χ4v) is 1.35. The quantitative estimate of drug-likeness (QED) is 0.582. The van der Waals surface area contributed by atoms with Gasteiger partial charge >= 0.3 is 0 Å². The number of benzene rings is 1. The molecule has 0 unspecified atom stereocenters. The van der Waals surface area contributed by atoms with E-state index >= 15 is 0 Å². The number of hydrogen-bond donors (Lipinski definition) is 0. The monoisotopic (exact) mass is 216 g/mol. The Balaban J connectivity index is 2.27. The average Bonchev–Trinajstić information content (AvgIpc) is 2.76. The summed E-state index contributed by atoms with van der Waals surface area (Å²) in [5.41, 5.74) is 0.798. The van der Waals surface area contributed by atoms with Gasteiger partial charge in [-0.1, -0.05) is 0 Å². The molecule has 0 saturated carbocycles. The van der Waals surface area contributed by atoms with Gasteiger partial charge in [0.05, 0.1) is 0 Å². The highest BCUT2D eigenvalue weighted by molar-refractivity contribution is 5.73. The summed E-state index contributed by atoms with van der Waals surface area (Å²) in [5, 5.41) is 0. The van der Waals surface area contributed by atoms with E-state index in [0.29, 0.717) is 17.8 Å². The zero-order chi connectivity index (χ0) is 11.4. The van der Waals surface area contributed by atoms with E-state index < -0.39 is 0 Å². The van der Waals surface area contributed by atoms with E-state index in [4.69, 9.17) is 4.42 Å². The molecule has 0 N–H and O–H groups in total. The van der Waals surface area contributed by atoms with Crippen molar-refractivity contribution < 1.29 is 13.6 Å². The molecular formula is C13H9FO2. The molecular weight excluding hydrogens is 207 g/mol. The van der Waals surface area contributed by atoms with Gasteiger partial charge in [-0.05, 0) is 48.6 Å². The van der Waals surface area contributed by atoms with Crippen molar-refractivity contribution in [1.29, 1.82) is 0 Å². The van der Waals surface area contributed by atoms with Gasteiger partial charge in [0.2, 0.25) is 0 Å². The van der Waals surface area contributed by atoms with Crippen molar-refractivity contribution in [2.24, 2.45) is 0 Å². The van der Waals surface area contributed by atoms with E-state index in [1.54, 1.807) is 30.3 Å². The molecule has 0 aliphatic heterocycles. The Hall–Kier alpha value is -2.16. The Morgan fingerprint density at radius 2 is 1.81 bits per heavy atom. The molecule has 2 nitrogen and oxygen atoms in total. The third-order valence-electron chi connectivity index (χ3n) is 2.09. The van der Waals surface area contributed by atoms with E-state index in [1.807, 2.05) is 0 Å². The molecule has 0 aliphatic rings. The van der Waals surface area contributed by atoms with Crippen LogP contribution in [0.5, 0.6) is 0 Å². The molecule has 2 rings (SSSR count). The second-order valence-electron chi connectivity index (χ2n) is 3.20. The molecule has 0 fully saturated rings. The highest BCUT2D eigenvalue weighted by atomic mass is 19.1. The maximum absolute atomic E-state index is 12.7. The minimum atomic E-state index is -0.281. The normalized spacial score (nSPS) is 10.8. The second-order valence-corrected chi connectivity index (χ2v) is 3.20. The minimum absolute atomic E-state index is 0.281. The first-order valence-electron chi connectivity index (χ1n) is 4.77. The number of carbonyl (C=O) groups excluding carboxylic acids is 1. The van der Waals surface area contributed by atoms with Crippen molar-refractivity contribution in [2.75, 3.05) is 0 Å². The van der Waals surface area contributed by atoms with Gasteiger partial charge in [-0.15, -0.1) is 0 Å². The van der Waals surface area contributed by atoms with Gasteiger partial charge in [0.25, 0.3) is 0 Å². The summed E-state index contributed by atoms with van der Waals surface area (Å²) < 4.78 is 18.1. The maximum atomic E-state index is 12.7. The summed E-state index contributed by atoms with van der Waals surface area (Å²) in [7, 11) is 0. The van der Waals surface area contributed by atoms with E-state index in [0.717, 1.165) is 5.56 Å². The van der Waals surface area contributed by atoms with Gasteiger partial charge in [-0.25, -0.2) is 4.39 Å². The molecule has 1 aromatic carbocycles. The summed E-state index contributed by atoms with van der Waals surface area (Å²) in [5.74, 6) is 0.952. The van der Waals surface area contributed by atoms with Crippen LogP contribution in [0.3, 0.4) is 0 Å². The van der Waals surface area contributed by atoms with Crippen molar-refractivity contribution >= 4 is 12.4 Å². The largest absolute Gasteiger partial charge is 0.457 e. The molecule has 0 spiro atoms. The summed E-state index contributed by atoms with van der Waals surface area (Å²) >= 11 is 0. The van der Waals surface area contributed by atoms with Crippen LogP contribution in [-0.2, 0) is 4.79 Å². The Morgan fingerprint density at radius 1 is 1.06 bits per heavy atom. The summed E-state index contributed by atoms with van der Waals surface area (Å²) in [6, 6.07) is 9.55. The SMILES string of the molecule is O=C/C=C/c1ccc(-c2ccc(F)cc2)o1. The number of carbonyl (C=O) groups is 1. The molecule has 1 aromatic heterocycles. The van der Waals surface area contributed by atoms with Crippen molar-refractivity contribution in [3.63, 3.8) is 0 Å². The van der Waals surface area contributed by atoms with Crippen molar-refractivity contribution in [3.05, 3.63) is 54.1 Å². The Bertz CT molecular complexity index is 509. The van der Waals surface area contributed by atoms with Gasteiger partial charge in [0, 0.05) is 5.56 Å². The molecule has 3 heteroatoms. The highest BCUT2D eigenvalue weighted by Gasteiger charge is 2.02. The van der Waals surface area contributed by atoms with Gasteiger partial charge in [-0.2, -0.15) is 0 Å². The van der Waals surface area contributed by atoms with Crippen molar-refractivity contribution in [2.45, 2.75) is 0 Å². The average molecular weight is 216 g/mol. The lowest BCUT2D eigenvalue weighted by atomic mass is 10.2. The zero-order valence-corrected chi connectivity index (χ0v) is 8.39. The smallest absolute Gasteiger partial charge is 0.142 e. The Morgan fingerprint density at radius 3 is 2.50 bits per heavy atom. The molecule has 0 atom stereocenters. The van der Waals surface area contributed by atoms with Crippen LogP contribution in [0.2, 0.25) is 0 Å². The fraction of sp³-hybridized carbons (Fsp3) is 0. The van der Waals surface area contributed by atoms with Crippen LogP contribution in [0.15, 0.2) is 46.9 Å². The van der Waals surface area contributed by atoms with Crippen LogP contribution in [0.1, 0.15) is 5.76 Å². The predicted octanol–water partition coefficient (Wildman–Crippen LogP) is 3.30. The molecule has 80 valence electrons. The van der Waals surface area contributed by atoms with Crippen LogP contribution in [-0.4, -0.2) is 6.29 Å². The van der Waals surface area contributed by atoms with Crippen LogP contribution in [0, 0.1) is 5.82 Å². The van der Waals surface area contributed by atoms with E-state index in [2.05, 4.69) is 0 Å². The number of halogens is 1. The topological polar surface area (TPSA) is 30.2 Å². The second kappa shape index (κ2) is 4.57. The van der Waals surface area contributed by atoms with E-state index in [1.165, 1.54) is 18.2 Å². The minimum Gasteiger partial charge on any atom is -0.457 e. The third kappa shape index (κ3) is 2.25. The molecule has 2 aromatic rings. The number of aldehydes is 1. The Kier molecular flexibility index (Phi) is 2.96. The first kappa shape index (κ1) is 10.4. The van der Waals surface area contributed by atoms with Gasteiger partial charge in [0.15, 0.2) is 0 Å². The summed E-state index contributed by atoms with van der Waals surface area (Å²) in [4.78, 5) is 10.1. The van der Waals surface area contributed by atoms with Crippen LogP contribution >= 0.6 is 0 Å².